The maximum atomic E-state index is 12.6. The van der Waals surface area contributed by atoms with Gasteiger partial charge < -0.3 is 14.5 Å². The summed E-state index contributed by atoms with van der Waals surface area (Å²) in [6.45, 7) is 3.65. The number of fused-ring (bicyclic) bond motifs is 1. The summed E-state index contributed by atoms with van der Waals surface area (Å²) in [4.78, 5) is 21.2. The lowest BCUT2D eigenvalue weighted by Crippen LogP contribution is -2.53. The lowest BCUT2D eigenvalue weighted by Gasteiger charge is -2.42. The van der Waals surface area contributed by atoms with Crippen molar-refractivity contribution in [3.05, 3.63) is 59.8 Å². The highest BCUT2D eigenvalue weighted by atomic mass is 16.5. The molecule has 4 rings (SSSR count). The van der Waals surface area contributed by atoms with Gasteiger partial charge in [0.1, 0.15) is 11.2 Å². The van der Waals surface area contributed by atoms with Crippen LogP contribution in [0.3, 0.4) is 0 Å². The van der Waals surface area contributed by atoms with Gasteiger partial charge in [-0.2, -0.15) is 0 Å². The van der Waals surface area contributed by atoms with Gasteiger partial charge in [-0.25, -0.2) is 4.98 Å². The van der Waals surface area contributed by atoms with Gasteiger partial charge >= 0.3 is 0 Å². The van der Waals surface area contributed by atoms with E-state index in [1.54, 1.807) is 23.2 Å². The molecule has 0 unspecified atom stereocenters. The zero-order chi connectivity index (χ0) is 18.0. The molecule has 1 spiro atoms. The first kappa shape index (κ1) is 17.0. The Morgan fingerprint density at radius 1 is 1.12 bits per heavy atom. The van der Waals surface area contributed by atoms with E-state index in [0.717, 1.165) is 38.9 Å². The standard InChI is InChI=1S/C21H25N3O2/c1-23-16-21(26-19-18(20(23)25)8-5-12-22-19)10-14-24(15-11-21)13-9-17-6-3-2-4-7-17/h2-8,12H,9-11,13-16H2,1H3. The van der Waals surface area contributed by atoms with E-state index in [0.29, 0.717) is 18.0 Å². The van der Waals surface area contributed by atoms with Crippen LogP contribution in [-0.2, 0) is 6.42 Å². The number of carbonyl (C=O) groups excluding carboxylic acids is 1. The minimum absolute atomic E-state index is 0.00326. The van der Waals surface area contributed by atoms with Crippen molar-refractivity contribution < 1.29 is 9.53 Å². The van der Waals surface area contributed by atoms with Gasteiger partial charge in [0.05, 0.1) is 6.54 Å². The Morgan fingerprint density at radius 3 is 2.65 bits per heavy atom. The predicted octanol–water partition coefficient (Wildman–Crippen LogP) is 2.62. The fourth-order valence-corrected chi connectivity index (χ4v) is 3.96. The van der Waals surface area contributed by atoms with Crippen molar-refractivity contribution in [2.45, 2.75) is 24.9 Å². The molecule has 5 nitrogen and oxygen atoms in total. The third-order valence-corrected chi connectivity index (χ3v) is 5.51. The number of piperidine rings is 1. The largest absolute Gasteiger partial charge is 0.468 e. The number of pyridine rings is 1. The number of hydrogen-bond donors (Lipinski definition) is 0. The minimum Gasteiger partial charge on any atom is -0.468 e. The first-order valence-electron chi connectivity index (χ1n) is 9.31. The van der Waals surface area contributed by atoms with Crippen LogP contribution >= 0.6 is 0 Å². The van der Waals surface area contributed by atoms with Gasteiger partial charge in [0, 0.05) is 45.7 Å². The van der Waals surface area contributed by atoms with Crippen molar-refractivity contribution in [2.24, 2.45) is 0 Å². The van der Waals surface area contributed by atoms with Crippen LogP contribution < -0.4 is 4.74 Å². The quantitative estimate of drug-likeness (QED) is 0.853. The fourth-order valence-electron chi connectivity index (χ4n) is 3.96. The van der Waals surface area contributed by atoms with Crippen LogP contribution in [0.4, 0.5) is 0 Å². The Hall–Kier alpha value is -2.40. The van der Waals surface area contributed by atoms with Crippen molar-refractivity contribution in [1.29, 1.82) is 0 Å². The van der Waals surface area contributed by atoms with Crippen LogP contribution in [0.15, 0.2) is 48.7 Å². The number of hydrogen-bond acceptors (Lipinski definition) is 4. The molecule has 0 saturated carbocycles. The second kappa shape index (κ2) is 7.08. The van der Waals surface area contributed by atoms with Crippen LogP contribution in [0.25, 0.3) is 0 Å². The Bertz CT molecular complexity index is 770. The van der Waals surface area contributed by atoms with Gasteiger partial charge in [-0.15, -0.1) is 0 Å². The molecule has 2 aromatic rings. The van der Waals surface area contributed by atoms with Gasteiger partial charge in [-0.1, -0.05) is 30.3 Å². The van der Waals surface area contributed by atoms with Gasteiger partial charge in [0.15, 0.2) is 0 Å². The van der Waals surface area contributed by atoms with E-state index in [9.17, 15) is 4.79 Å². The number of amides is 1. The number of likely N-dealkylation sites (N-methyl/N-ethyl adjacent to an activating group) is 1. The normalized spacial score (nSPS) is 19.7. The van der Waals surface area contributed by atoms with E-state index < -0.39 is 0 Å². The van der Waals surface area contributed by atoms with Gasteiger partial charge in [-0.3, -0.25) is 4.79 Å². The maximum Gasteiger partial charge on any atom is 0.259 e. The Labute approximate surface area is 154 Å². The number of likely N-dealkylation sites (tertiary alicyclic amines) is 1. The number of ether oxygens (including phenoxy) is 1. The van der Waals surface area contributed by atoms with Crippen molar-refractivity contribution in [3.63, 3.8) is 0 Å². The maximum absolute atomic E-state index is 12.6. The number of carbonyl (C=O) groups is 1. The van der Waals surface area contributed by atoms with Crippen LogP contribution in [0.5, 0.6) is 5.88 Å². The third kappa shape index (κ3) is 3.44. The average Bonchev–Trinajstić information content (AvgIpc) is 2.77. The lowest BCUT2D eigenvalue weighted by molar-refractivity contribution is -0.0138. The van der Waals surface area contributed by atoms with E-state index >= 15 is 0 Å². The monoisotopic (exact) mass is 351 g/mol. The zero-order valence-corrected chi connectivity index (χ0v) is 15.2. The molecule has 26 heavy (non-hydrogen) atoms. The first-order valence-corrected chi connectivity index (χ1v) is 9.31. The van der Waals surface area contributed by atoms with E-state index in [4.69, 9.17) is 4.74 Å². The Kier molecular flexibility index (Phi) is 4.64. The lowest BCUT2D eigenvalue weighted by atomic mass is 9.90. The van der Waals surface area contributed by atoms with E-state index in [1.165, 1.54) is 5.56 Å². The molecule has 0 bridgehead atoms. The molecule has 3 heterocycles. The Balaban J connectivity index is 1.42. The highest BCUT2D eigenvalue weighted by molar-refractivity contribution is 5.96. The number of rotatable bonds is 3. The summed E-state index contributed by atoms with van der Waals surface area (Å²) in [5, 5.41) is 0. The summed E-state index contributed by atoms with van der Waals surface area (Å²) < 4.78 is 6.34. The topological polar surface area (TPSA) is 45.7 Å². The summed E-state index contributed by atoms with van der Waals surface area (Å²) in [6.07, 6.45) is 4.59. The minimum atomic E-state index is -0.326. The summed E-state index contributed by atoms with van der Waals surface area (Å²) in [7, 11) is 1.86. The summed E-state index contributed by atoms with van der Waals surface area (Å²) in [5.74, 6) is 0.482. The zero-order valence-electron chi connectivity index (χ0n) is 15.2. The molecular weight excluding hydrogens is 326 g/mol. The predicted molar refractivity (Wildman–Crippen MR) is 100 cm³/mol. The molecule has 1 amide bonds. The second-order valence-electron chi connectivity index (χ2n) is 7.38. The van der Waals surface area contributed by atoms with Crippen LogP contribution in [0.1, 0.15) is 28.8 Å². The molecule has 1 fully saturated rings. The molecule has 0 radical (unpaired) electrons. The summed E-state index contributed by atoms with van der Waals surface area (Å²) in [5.41, 5.74) is 1.62. The van der Waals surface area contributed by atoms with E-state index in [2.05, 4.69) is 40.2 Å². The molecular formula is C21H25N3O2. The highest BCUT2D eigenvalue weighted by Crippen LogP contribution is 2.33. The van der Waals surface area contributed by atoms with Crippen LogP contribution in [0, 0.1) is 0 Å². The molecule has 0 N–H and O–H groups in total. The van der Waals surface area contributed by atoms with Crippen LogP contribution in [-0.4, -0.2) is 59.5 Å². The molecule has 2 aliphatic rings. The van der Waals surface area contributed by atoms with Gasteiger partial charge in [-0.05, 0) is 24.1 Å². The van der Waals surface area contributed by atoms with E-state index in [1.807, 2.05) is 7.05 Å². The van der Waals surface area contributed by atoms with Crippen molar-refractivity contribution >= 4 is 5.91 Å². The highest BCUT2D eigenvalue weighted by Gasteiger charge is 2.42. The number of benzene rings is 1. The van der Waals surface area contributed by atoms with Crippen molar-refractivity contribution in [2.75, 3.05) is 33.2 Å². The molecule has 0 aliphatic carbocycles. The molecule has 2 aliphatic heterocycles. The second-order valence-corrected chi connectivity index (χ2v) is 7.38. The van der Waals surface area contributed by atoms with E-state index in [-0.39, 0.29) is 11.5 Å². The van der Waals surface area contributed by atoms with Gasteiger partial charge in [0.2, 0.25) is 5.88 Å². The molecule has 1 aromatic heterocycles. The number of nitrogens with zero attached hydrogens (tertiary/aromatic N) is 3. The van der Waals surface area contributed by atoms with Crippen molar-refractivity contribution in [1.82, 2.24) is 14.8 Å². The van der Waals surface area contributed by atoms with Crippen molar-refractivity contribution in [3.8, 4) is 5.88 Å². The average molecular weight is 351 g/mol. The SMILES string of the molecule is CN1CC2(CCN(CCc3ccccc3)CC2)Oc2ncccc2C1=O. The third-order valence-electron chi connectivity index (χ3n) is 5.51. The summed E-state index contributed by atoms with van der Waals surface area (Å²) >= 11 is 0. The fraction of sp³-hybridized carbons (Fsp3) is 0.429. The first-order chi connectivity index (χ1) is 12.7. The molecule has 1 saturated heterocycles. The molecule has 5 heteroatoms. The molecule has 1 aromatic carbocycles. The summed E-state index contributed by atoms with van der Waals surface area (Å²) in [6, 6.07) is 14.2. The molecule has 136 valence electrons. The smallest absolute Gasteiger partial charge is 0.259 e. The van der Waals surface area contributed by atoms with Crippen LogP contribution in [0.2, 0.25) is 0 Å². The Morgan fingerprint density at radius 2 is 1.88 bits per heavy atom. The molecule has 0 atom stereocenters. The number of aromatic nitrogens is 1. The van der Waals surface area contributed by atoms with Gasteiger partial charge in [0.25, 0.3) is 5.91 Å².